The molecule has 1 aliphatic rings. The van der Waals surface area contributed by atoms with Crippen LogP contribution in [0.25, 0.3) is 0 Å². The molecular formula is C19H38N. The summed E-state index contributed by atoms with van der Waals surface area (Å²) in [6.45, 7) is 5.73. The molecule has 0 N–H and O–H groups in total. The fourth-order valence-electron chi connectivity index (χ4n) is 3.54. The molecule has 119 valence electrons. The van der Waals surface area contributed by atoms with Crippen LogP contribution in [0.5, 0.6) is 0 Å². The van der Waals surface area contributed by atoms with Crippen LogP contribution in [0.15, 0.2) is 0 Å². The lowest BCUT2D eigenvalue weighted by molar-refractivity contribution is 0.302. The lowest BCUT2D eigenvalue weighted by Crippen LogP contribution is -2.23. The largest absolute Gasteiger partial charge is 0.239 e. The standard InChI is InChI=1S/C19H38N/c1-3-4-5-6-7-8-9-13-16-20-18(2)17-19-14-11-10-12-15-19/h18-19H,3-17H2,1-2H3. The van der Waals surface area contributed by atoms with Crippen molar-refractivity contribution in [2.24, 2.45) is 5.92 Å². The summed E-state index contributed by atoms with van der Waals surface area (Å²) in [4.78, 5) is 0. The van der Waals surface area contributed by atoms with E-state index in [4.69, 9.17) is 5.32 Å². The van der Waals surface area contributed by atoms with Crippen LogP contribution in [0.1, 0.15) is 104 Å². The zero-order chi connectivity index (χ0) is 14.5. The van der Waals surface area contributed by atoms with Crippen LogP contribution in [0.3, 0.4) is 0 Å². The topological polar surface area (TPSA) is 14.1 Å². The molecule has 20 heavy (non-hydrogen) atoms. The van der Waals surface area contributed by atoms with Crippen molar-refractivity contribution in [1.29, 1.82) is 0 Å². The predicted octanol–water partition coefficient (Wildman–Crippen LogP) is 6.09. The monoisotopic (exact) mass is 280 g/mol. The average Bonchev–Trinajstić information content (AvgIpc) is 2.46. The first kappa shape index (κ1) is 18.0. The van der Waals surface area contributed by atoms with Gasteiger partial charge < -0.3 is 0 Å². The van der Waals surface area contributed by atoms with E-state index in [1.165, 1.54) is 89.9 Å². The van der Waals surface area contributed by atoms with E-state index in [0.29, 0.717) is 6.04 Å². The second kappa shape index (κ2) is 12.7. The summed E-state index contributed by atoms with van der Waals surface area (Å²) in [7, 11) is 0. The number of unbranched alkanes of at least 4 members (excludes halogenated alkanes) is 7. The van der Waals surface area contributed by atoms with Crippen LogP contribution in [-0.4, -0.2) is 12.6 Å². The summed E-state index contributed by atoms with van der Waals surface area (Å²) in [6.07, 6.45) is 20.0. The minimum atomic E-state index is 0.614. The third kappa shape index (κ3) is 9.80. The number of hydrogen-bond acceptors (Lipinski definition) is 0. The van der Waals surface area contributed by atoms with Gasteiger partial charge in [0.1, 0.15) is 0 Å². The first-order valence-electron chi connectivity index (χ1n) is 9.49. The van der Waals surface area contributed by atoms with Crippen LogP contribution >= 0.6 is 0 Å². The third-order valence-corrected chi connectivity index (χ3v) is 4.85. The van der Waals surface area contributed by atoms with Gasteiger partial charge in [-0.05, 0) is 25.7 Å². The van der Waals surface area contributed by atoms with Gasteiger partial charge >= 0.3 is 0 Å². The second-order valence-electron chi connectivity index (χ2n) is 6.97. The van der Waals surface area contributed by atoms with Crippen molar-refractivity contribution in [3.63, 3.8) is 0 Å². The molecule has 0 bridgehead atoms. The summed E-state index contributed by atoms with van der Waals surface area (Å²) < 4.78 is 0. The van der Waals surface area contributed by atoms with Gasteiger partial charge in [0.15, 0.2) is 0 Å². The highest BCUT2D eigenvalue weighted by atomic mass is 14.9. The Morgan fingerprint density at radius 3 is 2.10 bits per heavy atom. The molecule has 1 nitrogen and oxygen atoms in total. The maximum Gasteiger partial charge on any atom is 0.0220 e. The van der Waals surface area contributed by atoms with Gasteiger partial charge in [-0.25, -0.2) is 5.32 Å². The number of hydrogen-bond donors (Lipinski definition) is 0. The van der Waals surface area contributed by atoms with Crippen LogP contribution in [-0.2, 0) is 0 Å². The van der Waals surface area contributed by atoms with Gasteiger partial charge in [-0.2, -0.15) is 0 Å². The summed E-state index contributed by atoms with van der Waals surface area (Å²) in [5.41, 5.74) is 0. The summed E-state index contributed by atoms with van der Waals surface area (Å²) in [5.74, 6) is 0.987. The molecule has 0 saturated heterocycles. The lowest BCUT2D eigenvalue weighted by Gasteiger charge is -2.24. The van der Waals surface area contributed by atoms with Crippen molar-refractivity contribution >= 4 is 0 Å². The normalized spacial score (nSPS) is 18.3. The first-order chi connectivity index (χ1) is 9.83. The van der Waals surface area contributed by atoms with Crippen LogP contribution in [0.2, 0.25) is 0 Å². The molecule has 1 fully saturated rings. The Morgan fingerprint density at radius 2 is 1.45 bits per heavy atom. The second-order valence-corrected chi connectivity index (χ2v) is 6.97. The summed E-state index contributed by atoms with van der Waals surface area (Å²) in [6, 6.07) is 0.614. The molecule has 1 aliphatic carbocycles. The van der Waals surface area contributed by atoms with Crippen molar-refractivity contribution in [1.82, 2.24) is 5.32 Å². The molecule has 0 aromatic carbocycles. The van der Waals surface area contributed by atoms with E-state index in [1.807, 2.05) is 0 Å². The smallest absolute Gasteiger partial charge is 0.0220 e. The van der Waals surface area contributed by atoms with Gasteiger partial charge in [0.25, 0.3) is 0 Å². The van der Waals surface area contributed by atoms with Gasteiger partial charge in [0.2, 0.25) is 0 Å². The molecule has 1 rings (SSSR count). The molecule has 1 heteroatoms. The van der Waals surface area contributed by atoms with E-state index in [0.717, 1.165) is 12.5 Å². The van der Waals surface area contributed by atoms with Gasteiger partial charge in [0, 0.05) is 12.6 Å². The average molecular weight is 281 g/mol. The van der Waals surface area contributed by atoms with E-state index >= 15 is 0 Å². The van der Waals surface area contributed by atoms with Crippen molar-refractivity contribution in [3.05, 3.63) is 0 Å². The van der Waals surface area contributed by atoms with Crippen molar-refractivity contribution in [2.75, 3.05) is 6.54 Å². The minimum Gasteiger partial charge on any atom is -0.239 e. The predicted molar refractivity (Wildman–Crippen MR) is 90.3 cm³/mol. The molecule has 0 aliphatic heterocycles. The summed E-state index contributed by atoms with van der Waals surface area (Å²) >= 11 is 0. The third-order valence-electron chi connectivity index (χ3n) is 4.85. The van der Waals surface area contributed by atoms with Crippen molar-refractivity contribution in [2.45, 2.75) is 110 Å². The molecule has 0 heterocycles. The zero-order valence-electron chi connectivity index (χ0n) is 14.2. The Labute approximate surface area is 128 Å². The zero-order valence-corrected chi connectivity index (χ0v) is 14.2. The Bertz CT molecular complexity index is 196. The lowest BCUT2D eigenvalue weighted by atomic mass is 9.85. The number of rotatable bonds is 12. The Morgan fingerprint density at radius 1 is 0.850 bits per heavy atom. The van der Waals surface area contributed by atoms with Gasteiger partial charge in [0.05, 0.1) is 0 Å². The fourth-order valence-corrected chi connectivity index (χ4v) is 3.54. The van der Waals surface area contributed by atoms with E-state index in [-0.39, 0.29) is 0 Å². The van der Waals surface area contributed by atoms with E-state index in [2.05, 4.69) is 13.8 Å². The Hall–Kier alpha value is -0.0400. The molecular weight excluding hydrogens is 242 g/mol. The molecule has 1 unspecified atom stereocenters. The highest BCUT2D eigenvalue weighted by Gasteiger charge is 2.16. The SMILES string of the molecule is CCCCCCCCCC[N]C(C)CC1CCCCC1. The van der Waals surface area contributed by atoms with Crippen LogP contribution in [0, 0.1) is 5.92 Å². The van der Waals surface area contributed by atoms with E-state index in [9.17, 15) is 0 Å². The highest BCUT2D eigenvalue weighted by molar-refractivity contribution is 4.71. The van der Waals surface area contributed by atoms with Crippen LogP contribution in [0.4, 0.5) is 0 Å². The van der Waals surface area contributed by atoms with Crippen molar-refractivity contribution in [3.8, 4) is 0 Å². The van der Waals surface area contributed by atoms with Crippen LogP contribution < -0.4 is 5.32 Å². The molecule has 0 aromatic rings. The quantitative estimate of drug-likeness (QED) is 0.384. The summed E-state index contributed by atoms with van der Waals surface area (Å²) in [5, 5.41) is 4.87. The highest BCUT2D eigenvalue weighted by Crippen LogP contribution is 2.27. The fraction of sp³-hybridized carbons (Fsp3) is 1.00. The van der Waals surface area contributed by atoms with Gasteiger partial charge in [-0.3, -0.25) is 0 Å². The van der Waals surface area contributed by atoms with Gasteiger partial charge in [-0.15, -0.1) is 0 Å². The molecule has 0 aromatic heterocycles. The molecule has 1 saturated carbocycles. The van der Waals surface area contributed by atoms with E-state index < -0.39 is 0 Å². The maximum absolute atomic E-state index is 4.87. The molecule has 0 amide bonds. The maximum atomic E-state index is 4.87. The molecule has 0 spiro atoms. The molecule has 1 radical (unpaired) electrons. The van der Waals surface area contributed by atoms with E-state index in [1.54, 1.807) is 0 Å². The number of nitrogens with zero attached hydrogens (tertiary/aromatic N) is 1. The first-order valence-corrected chi connectivity index (χ1v) is 9.49. The Kier molecular flexibility index (Phi) is 11.4. The minimum absolute atomic E-state index is 0.614. The van der Waals surface area contributed by atoms with Gasteiger partial charge in [-0.1, -0.05) is 84.0 Å². The molecule has 1 atom stereocenters. The van der Waals surface area contributed by atoms with Crippen molar-refractivity contribution < 1.29 is 0 Å². The Balaban J connectivity index is 1.83.